The number of aromatic nitrogens is 2. The van der Waals surface area contributed by atoms with Gasteiger partial charge in [-0.1, -0.05) is 72.0 Å². The topological polar surface area (TPSA) is 105 Å². The number of benzene rings is 2. The highest BCUT2D eigenvalue weighted by Crippen LogP contribution is 2.48. The van der Waals surface area contributed by atoms with Crippen LogP contribution in [0.2, 0.25) is 0 Å². The first-order valence-electron chi connectivity index (χ1n) is 13.9. The van der Waals surface area contributed by atoms with E-state index in [1.165, 1.54) is 27.4 Å². The maximum absolute atomic E-state index is 12.7. The number of nitrogens with zero attached hydrogens (tertiary/aromatic N) is 2. The minimum Gasteiger partial charge on any atom is -0.741 e. The Balaban J connectivity index is 0.000000426. The van der Waals surface area contributed by atoms with Crippen molar-refractivity contribution in [2.75, 3.05) is 12.4 Å². The predicted octanol–water partition coefficient (Wildman–Crippen LogP) is 6.29. The van der Waals surface area contributed by atoms with E-state index in [9.17, 15) is 18.0 Å². The van der Waals surface area contributed by atoms with Gasteiger partial charge in [-0.25, -0.2) is 13.0 Å². The highest BCUT2D eigenvalue weighted by atomic mass is 32.2. The van der Waals surface area contributed by atoms with E-state index in [4.69, 9.17) is 17.7 Å². The van der Waals surface area contributed by atoms with Gasteiger partial charge in [0.25, 0.3) is 10.8 Å². The lowest BCUT2D eigenvalue weighted by Gasteiger charge is -2.41. The van der Waals surface area contributed by atoms with E-state index in [-0.39, 0.29) is 17.4 Å². The van der Waals surface area contributed by atoms with Crippen LogP contribution in [0.3, 0.4) is 0 Å². The Morgan fingerprint density at radius 3 is 2.14 bits per heavy atom. The van der Waals surface area contributed by atoms with Crippen LogP contribution in [0, 0.1) is 0 Å². The summed E-state index contributed by atoms with van der Waals surface area (Å²) < 4.78 is 69.9. The fourth-order valence-electron chi connectivity index (χ4n) is 5.75. The summed E-state index contributed by atoms with van der Waals surface area (Å²) >= 11 is 1.79. The van der Waals surface area contributed by atoms with Gasteiger partial charge in [0.2, 0.25) is 0 Å². The first kappa shape index (κ1) is 31.9. The Bertz CT molecular complexity index is 1830. The first-order valence-corrected chi connectivity index (χ1v) is 16.1. The zero-order valence-electron chi connectivity index (χ0n) is 24.5. The zero-order valence-corrected chi connectivity index (χ0v) is 26.1. The van der Waals surface area contributed by atoms with Crippen molar-refractivity contribution in [3.05, 3.63) is 78.5 Å². The van der Waals surface area contributed by atoms with Crippen molar-refractivity contribution in [1.82, 2.24) is 4.57 Å². The molecule has 8 nitrogen and oxygen atoms in total. The van der Waals surface area contributed by atoms with E-state index in [1.807, 2.05) is 6.08 Å². The molecule has 2 aliphatic rings. The maximum Gasteiger partial charge on any atom is 0.485 e. The molecule has 1 N–H and O–H groups in total. The van der Waals surface area contributed by atoms with Gasteiger partial charge < -0.3 is 9.29 Å². The molecule has 1 aliphatic heterocycles. The second kappa shape index (κ2) is 11.4. The Morgan fingerprint density at radius 1 is 1.05 bits per heavy atom. The Labute approximate surface area is 257 Å². The molecule has 0 unspecified atom stereocenters. The van der Waals surface area contributed by atoms with Crippen molar-refractivity contribution in [1.29, 1.82) is 0 Å². The summed E-state index contributed by atoms with van der Waals surface area (Å²) in [6, 6.07) is 21.1. The molecule has 234 valence electrons. The number of anilines is 1. The molecule has 2 aromatic carbocycles. The summed E-state index contributed by atoms with van der Waals surface area (Å²) in [7, 11) is -4.31. The summed E-state index contributed by atoms with van der Waals surface area (Å²) in [4.78, 5) is 15.0. The molecule has 3 heterocycles. The number of ether oxygens (including phenoxy) is 1. The lowest BCUT2D eigenvalue weighted by molar-refractivity contribution is -0.478. The summed E-state index contributed by atoms with van der Waals surface area (Å²) in [5.74, 6) is 1.27. The third-order valence-electron chi connectivity index (χ3n) is 7.63. The molecule has 0 saturated heterocycles. The third-order valence-corrected chi connectivity index (χ3v) is 9.39. The van der Waals surface area contributed by atoms with E-state index in [0.717, 1.165) is 23.6 Å². The van der Waals surface area contributed by atoms with Crippen molar-refractivity contribution in [2.24, 2.45) is 0 Å². The number of carbonyl (C=O) groups is 1. The molecule has 0 spiro atoms. The molecule has 0 radical (unpaired) electrons. The average molecular weight is 648 g/mol. The third kappa shape index (κ3) is 5.93. The van der Waals surface area contributed by atoms with Gasteiger partial charge in [-0.2, -0.15) is 17.6 Å². The largest absolute Gasteiger partial charge is 0.741 e. The SMILES string of the molecule is CO[C@@]12C=CC(=O)C[C@@H]1n1c(c(NC(C)(C)C)[n+]3c(-c4ccccc4)c(-c4ccccc4)sc13)CC2.O=S(=O)([O-])C(F)(F)F. The molecule has 2 aromatic heterocycles. The molecule has 6 rings (SSSR count). The minimum absolute atomic E-state index is 0.0832. The average Bonchev–Trinajstić information content (AvgIpc) is 3.48. The van der Waals surface area contributed by atoms with E-state index >= 15 is 0 Å². The molecule has 0 amide bonds. The number of hydrogen-bond acceptors (Lipinski definition) is 7. The van der Waals surface area contributed by atoms with E-state index in [0.29, 0.717) is 6.42 Å². The van der Waals surface area contributed by atoms with Gasteiger partial charge >= 0.3 is 5.51 Å². The summed E-state index contributed by atoms with van der Waals surface area (Å²) in [5, 5.41) is 3.85. The number of hydrogen-bond donors (Lipinski definition) is 1. The molecule has 13 heteroatoms. The van der Waals surface area contributed by atoms with Crippen LogP contribution in [0.25, 0.3) is 26.7 Å². The van der Waals surface area contributed by atoms with Crippen LogP contribution < -0.4 is 9.72 Å². The van der Waals surface area contributed by atoms with Crippen molar-refractivity contribution in [3.63, 3.8) is 0 Å². The Hall–Kier alpha value is -3.52. The van der Waals surface area contributed by atoms with Crippen molar-refractivity contribution >= 4 is 38.0 Å². The normalized spacial score (nSPS) is 20.1. The van der Waals surface area contributed by atoms with Crippen molar-refractivity contribution < 1.29 is 40.1 Å². The monoisotopic (exact) mass is 647 g/mol. The fraction of sp³-hybridized carbons (Fsp3) is 0.355. The zero-order chi connectivity index (χ0) is 32.1. The van der Waals surface area contributed by atoms with Crippen molar-refractivity contribution in [2.45, 2.75) is 62.7 Å². The van der Waals surface area contributed by atoms with Crippen LogP contribution in [-0.2, 0) is 26.1 Å². The predicted molar refractivity (Wildman–Crippen MR) is 161 cm³/mol. The molecule has 2 atom stereocenters. The number of halogens is 3. The van der Waals surface area contributed by atoms with Gasteiger partial charge in [-0.3, -0.25) is 10.1 Å². The number of allylic oxidation sites excluding steroid dienone is 1. The van der Waals surface area contributed by atoms with Crippen LogP contribution in [-0.4, -0.2) is 47.1 Å². The number of imidazole rings is 1. The molecular weight excluding hydrogens is 615 g/mol. The minimum atomic E-state index is -6.09. The molecule has 4 aromatic rings. The van der Waals surface area contributed by atoms with E-state index < -0.39 is 21.2 Å². The van der Waals surface area contributed by atoms with E-state index in [1.54, 1.807) is 24.5 Å². The summed E-state index contributed by atoms with van der Waals surface area (Å²) in [6.07, 6.45) is 5.87. The Kier molecular flexibility index (Phi) is 8.29. The van der Waals surface area contributed by atoms with Gasteiger partial charge in [0.15, 0.2) is 15.9 Å². The number of rotatable bonds is 4. The lowest BCUT2D eigenvalue weighted by atomic mass is 9.78. The van der Waals surface area contributed by atoms with Crippen molar-refractivity contribution in [3.8, 4) is 21.7 Å². The Morgan fingerprint density at radius 2 is 1.61 bits per heavy atom. The molecule has 0 bridgehead atoms. The number of thiazole rings is 1. The quantitative estimate of drug-likeness (QED) is 0.159. The van der Waals surface area contributed by atoms with Gasteiger partial charge in [0, 0.05) is 25.5 Å². The van der Waals surface area contributed by atoms with Gasteiger partial charge in [-0.05, 0) is 44.9 Å². The number of methoxy groups -OCH3 is 1. The second-order valence-corrected chi connectivity index (χ2v) is 14.1. The standard InChI is InChI=1S/C30H32N3O2S.CHF3O3S/c1-29(2,3)31-27-23-16-18-30(35-4)17-15-22(34)19-24(30)32(23)28-33(27)25(20-11-7-5-8-12-20)26(36-28)21-13-9-6-10-14-21;2-1(3,4)8(5,6)7/h5-15,17,24,31H,16,18-19H2,1-4H3;(H,5,6,7)/q+1;/p-1/t24-,30+;/m0./s1. The number of alkyl halides is 3. The van der Waals surface area contributed by atoms with E-state index in [2.05, 4.69) is 95.7 Å². The molecule has 0 saturated carbocycles. The van der Waals surface area contributed by atoms with Crippen LogP contribution >= 0.6 is 11.3 Å². The van der Waals surface area contributed by atoms with Gasteiger partial charge in [-0.15, -0.1) is 0 Å². The van der Waals surface area contributed by atoms with Crippen LogP contribution in [0.5, 0.6) is 0 Å². The molecular formula is C31H32F3N3O5S2. The number of ketones is 1. The molecule has 0 fully saturated rings. The van der Waals surface area contributed by atoms with Gasteiger partial charge in [0.05, 0.1) is 10.4 Å². The van der Waals surface area contributed by atoms with Crippen LogP contribution in [0.15, 0.2) is 72.8 Å². The second-order valence-electron chi connectivity index (χ2n) is 11.7. The number of nitrogens with one attached hydrogen (secondary N) is 1. The van der Waals surface area contributed by atoms with Crippen LogP contribution in [0.4, 0.5) is 19.0 Å². The first-order chi connectivity index (χ1) is 20.6. The fourth-order valence-corrected chi connectivity index (χ4v) is 7.10. The smallest absolute Gasteiger partial charge is 0.485 e. The maximum atomic E-state index is 12.7. The summed E-state index contributed by atoms with van der Waals surface area (Å²) in [5.41, 5.74) is -1.48. The number of fused-ring (bicyclic) bond motifs is 5. The highest BCUT2D eigenvalue weighted by molar-refractivity contribution is 7.86. The van der Waals surface area contributed by atoms with Crippen LogP contribution in [0.1, 0.15) is 45.3 Å². The lowest BCUT2D eigenvalue weighted by Crippen LogP contribution is -2.47. The molecule has 44 heavy (non-hydrogen) atoms. The number of carbonyl (C=O) groups excluding carboxylic acids is 1. The highest BCUT2D eigenvalue weighted by Gasteiger charge is 2.51. The summed E-state index contributed by atoms with van der Waals surface area (Å²) in [6.45, 7) is 6.60. The molecule has 1 aliphatic carbocycles. The van der Waals surface area contributed by atoms with Gasteiger partial charge in [0.1, 0.15) is 23.0 Å².